The van der Waals surface area contributed by atoms with Crippen molar-refractivity contribution >= 4 is 17.2 Å². The summed E-state index contributed by atoms with van der Waals surface area (Å²) in [7, 11) is 0. The van der Waals surface area contributed by atoms with E-state index in [1.54, 1.807) is 6.20 Å². The number of amides is 1. The number of hydrogen-bond acceptors (Lipinski definition) is 4. The molecule has 3 atom stereocenters. The van der Waals surface area contributed by atoms with Crippen LogP contribution >= 0.6 is 11.3 Å². The van der Waals surface area contributed by atoms with Crippen molar-refractivity contribution in [2.75, 3.05) is 19.6 Å². The standard InChI is InChI=1S/C16H17N3OS/c20-16(18-13-10-19-8-6-11(13)9-19)15-5-4-14(21-15)12-3-1-2-7-17-12/h1-5,7,11,13H,6,8-10H2,(H,18,20)/t11-,13-/m0/s1. The first-order valence-corrected chi connectivity index (χ1v) is 8.16. The van der Waals surface area contributed by atoms with Gasteiger partial charge in [0.15, 0.2) is 0 Å². The molecule has 0 aliphatic carbocycles. The second kappa shape index (κ2) is 5.24. The fraction of sp³-hybridized carbons (Fsp3) is 0.375. The van der Waals surface area contributed by atoms with Crippen molar-refractivity contribution in [1.29, 1.82) is 0 Å². The topological polar surface area (TPSA) is 45.2 Å². The Bertz CT molecular complexity index is 655. The highest BCUT2D eigenvalue weighted by atomic mass is 32.1. The van der Waals surface area contributed by atoms with E-state index < -0.39 is 0 Å². The summed E-state index contributed by atoms with van der Waals surface area (Å²) in [5, 5.41) is 3.20. The lowest BCUT2D eigenvalue weighted by molar-refractivity contribution is 0.0928. The maximum Gasteiger partial charge on any atom is 0.261 e. The highest BCUT2D eigenvalue weighted by Crippen LogP contribution is 2.29. The predicted octanol–water partition coefficient (Wildman–Crippen LogP) is 2.24. The molecule has 2 aliphatic heterocycles. The highest BCUT2D eigenvalue weighted by Gasteiger charge is 2.38. The van der Waals surface area contributed by atoms with Crippen LogP contribution in [0.5, 0.6) is 0 Å². The smallest absolute Gasteiger partial charge is 0.261 e. The summed E-state index contributed by atoms with van der Waals surface area (Å²) in [6.45, 7) is 3.35. The number of carbonyl (C=O) groups is 1. The van der Waals surface area contributed by atoms with Crippen molar-refractivity contribution < 1.29 is 4.79 Å². The first-order valence-electron chi connectivity index (χ1n) is 7.34. The Morgan fingerprint density at radius 3 is 2.95 bits per heavy atom. The number of aromatic nitrogens is 1. The van der Waals surface area contributed by atoms with Gasteiger partial charge in [0.25, 0.3) is 5.91 Å². The Morgan fingerprint density at radius 2 is 2.24 bits per heavy atom. The number of hydrogen-bond donors (Lipinski definition) is 1. The zero-order valence-electron chi connectivity index (χ0n) is 11.7. The van der Waals surface area contributed by atoms with Crippen molar-refractivity contribution in [1.82, 2.24) is 15.2 Å². The molecule has 0 spiro atoms. The minimum absolute atomic E-state index is 0.0564. The molecule has 2 aliphatic rings. The van der Waals surface area contributed by atoms with Gasteiger partial charge in [0.05, 0.1) is 15.4 Å². The Balaban J connectivity index is 1.47. The van der Waals surface area contributed by atoms with Gasteiger partial charge in [0.1, 0.15) is 0 Å². The molecule has 1 amide bonds. The molecule has 1 unspecified atom stereocenters. The summed E-state index contributed by atoms with van der Waals surface area (Å²) in [5.74, 6) is 0.699. The largest absolute Gasteiger partial charge is 0.347 e. The Labute approximate surface area is 127 Å². The molecule has 1 N–H and O–H groups in total. The number of thiophene rings is 1. The van der Waals surface area contributed by atoms with Crippen LogP contribution in [0.4, 0.5) is 0 Å². The number of rotatable bonds is 3. The van der Waals surface area contributed by atoms with Gasteiger partial charge >= 0.3 is 0 Å². The SMILES string of the molecule is O=C(N[C@H]1CN2CC[C@H]1C2)c1ccc(-c2ccccn2)s1. The van der Waals surface area contributed by atoms with E-state index in [1.165, 1.54) is 24.3 Å². The van der Waals surface area contributed by atoms with Gasteiger partial charge in [-0.15, -0.1) is 11.3 Å². The first-order chi connectivity index (χ1) is 10.3. The van der Waals surface area contributed by atoms with Gasteiger partial charge in [-0.25, -0.2) is 0 Å². The van der Waals surface area contributed by atoms with Crippen molar-refractivity contribution in [3.63, 3.8) is 0 Å². The molecule has 4 heterocycles. The number of carbonyl (C=O) groups excluding carboxylic acids is 1. The zero-order chi connectivity index (χ0) is 14.2. The van der Waals surface area contributed by atoms with E-state index >= 15 is 0 Å². The molecule has 5 heteroatoms. The third-order valence-corrected chi connectivity index (χ3v) is 5.50. The molecule has 4 nitrogen and oxygen atoms in total. The molecule has 0 saturated carbocycles. The molecule has 108 valence electrons. The van der Waals surface area contributed by atoms with E-state index in [4.69, 9.17) is 0 Å². The van der Waals surface area contributed by atoms with Gasteiger partial charge in [0, 0.05) is 25.3 Å². The lowest BCUT2D eigenvalue weighted by Gasteiger charge is -2.22. The van der Waals surface area contributed by atoms with Crippen LogP contribution in [0.25, 0.3) is 10.6 Å². The predicted molar refractivity (Wildman–Crippen MR) is 83.4 cm³/mol. The quantitative estimate of drug-likeness (QED) is 0.945. The van der Waals surface area contributed by atoms with Crippen molar-refractivity contribution in [2.24, 2.45) is 5.92 Å². The zero-order valence-corrected chi connectivity index (χ0v) is 12.5. The second-order valence-corrected chi connectivity index (χ2v) is 6.85. The number of fused-ring (bicyclic) bond motifs is 2. The van der Waals surface area contributed by atoms with Gasteiger partial charge in [-0.1, -0.05) is 6.07 Å². The van der Waals surface area contributed by atoms with E-state index in [0.717, 1.165) is 28.5 Å². The summed E-state index contributed by atoms with van der Waals surface area (Å²) in [5.41, 5.74) is 0.924. The molecule has 2 aromatic heterocycles. The van der Waals surface area contributed by atoms with Gasteiger partial charge in [-0.05, 0) is 43.1 Å². The molecule has 0 aromatic carbocycles. The van der Waals surface area contributed by atoms with Crippen LogP contribution in [0.1, 0.15) is 16.1 Å². The Kier molecular flexibility index (Phi) is 3.24. The normalized spacial score (nSPS) is 27.0. The van der Waals surface area contributed by atoms with Crippen LogP contribution in [0.2, 0.25) is 0 Å². The first kappa shape index (κ1) is 13.0. The summed E-state index contributed by atoms with van der Waals surface area (Å²) in [4.78, 5) is 21.0. The van der Waals surface area contributed by atoms with E-state index in [-0.39, 0.29) is 5.91 Å². The molecule has 2 bridgehead atoms. The minimum Gasteiger partial charge on any atom is -0.347 e. The van der Waals surface area contributed by atoms with Gasteiger partial charge in [-0.2, -0.15) is 0 Å². The van der Waals surface area contributed by atoms with Crippen molar-refractivity contribution in [3.05, 3.63) is 41.4 Å². The van der Waals surface area contributed by atoms with Gasteiger partial charge in [0.2, 0.25) is 0 Å². The minimum atomic E-state index is 0.0564. The van der Waals surface area contributed by atoms with E-state index in [1.807, 2.05) is 30.3 Å². The van der Waals surface area contributed by atoms with Crippen LogP contribution in [-0.2, 0) is 0 Å². The number of pyridine rings is 1. The number of piperidine rings is 1. The van der Waals surface area contributed by atoms with Crippen molar-refractivity contribution in [3.8, 4) is 10.6 Å². The fourth-order valence-electron chi connectivity index (χ4n) is 3.29. The molecular formula is C16H17N3OS. The molecule has 21 heavy (non-hydrogen) atoms. The molecule has 2 aromatic rings. The van der Waals surface area contributed by atoms with Crippen LogP contribution in [0, 0.1) is 5.92 Å². The highest BCUT2D eigenvalue weighted by molar-refractivity contribution is 7.17. The van der Waals surface area contributed by atoms with E-state index in [2.05, 4.69) is 15.2 Å². The Hall–Kier alpha value is -1.72. The van der Waals surface area contributed by atoms with Crippen LogP contribution in [0.3, 0.4) is 0 Å². The van der Waals surface area contributed by atoms with E-state index in [9.17, 15) is 4.79 Å². The number of nitrogens with one attached hydrogen (secondary N) is 1. The summed E-state index contributed by atoms with van der Waals surface area (Å²) < 4.78 is 0. The average molecular weight is 299 g/mol. The summed E-state index contributed by atoms with van der Waals surface area (Å²) >= 11 is 1.51. The second-order valence-electron chi connectivity index (χ2n) is 5.77. The van der Waals surface area contributed by atoms with E-state index in [0.29, 0.717) is 12.0 Å². The molecule has 0 radical (unpaired) electrons. The summed E-state index contributed by atoms with van der Waals surface area (Å²) in [6, 6.07) is 10.0. The van der Waals surface area contributed by atoms with Crippen LogP contribution in [0.15, 0.2) is 36.5 Å². The van der Waals surface area contributed by atoms with Gasteiger partial charge in [-0.3, -0.25) is 9.78 Å². The van der Waals surface area contributed by atoms with Crippen LogP contribution in [-0.4, -0.2) is 41.5 Å². The maximum absolute atomic E-state index is 12.4. The third kappa shape index (κ3) is 2.47. The molecule has 2 fully saturated rings. The average Bonchev–Trinajstić information content (AvgIpc) is 3.24. The van der Waals surface area contributed by atoms with Crippen LogP contribution < -0.4 is 5.32 Å². The maximum atomic E-state index is 12.4. The Morgan fingerprint density at radius 1 is 1.29 bits per heavy atom. The monoisotopic (exact) mass is 299 g/mol. The molecule has 4 rings (SSSR count). The summed E-state index contributed by atoms with van der Waals surface area (Å²) in [6.07, 6.45) is 2.99. The fourth-order valence-corrected chi connectivity index (χ4v) is 4.18. The lowest BCUT2D eigenvalue weighted by Crippen LogP contribution is -2.42. The number of nitrogens with zero attached hydrogens (tertiary/aromatic N) is 2. The van der Waals surface area contributed by atoms with Crippen molar-refractivity contribution in [2.45, 2.75) is 12.5 Å². The lowest BCUT2D eigenvalue weighted by atomic mass is 10.00. The molecular weight excluding hydrogens is 282 g/mol. The van der Waals surface area contributed by atoms with Gasteiger partial charge < -0.3 is 10.2 Å². The third-order valence-electron chi connectivity index (χ3n) is 4.40. The molecule has 2 saturated heterocycles.